The van der Waals surface area contributed by atoms with Crippen LogP contribution in [0, 0.1) is 6.92 Å². The van der Waals surface area contributed by atoms with E-state index in [2.05, 4.69) is 25.2 Å². The molecule has 0 aliphatic carbocycles. The van der Waals surface area contributed by atoms with Crippen molar-refractivity contribution in [2.45, 2.75) is 19.4 Å². The van der Waals surface area contributed by atoms with Crippen LogP contribution in [-0.4, -0.2) is 55.2 Å². The summed E-state index contributed by atoms with van der Waals surface area (Å²) < 4.78 is 12.9. The highest BCUT2D eigenvalue weighted by Gasteiger charge is 2.30. The first-order chi connectivity index (χ1) is 17.5. The van der Waals surface area contributed by atoms with Gasteiger partial charge in [-0.05, 0) is 47.5 Å². The van der Waals surface area contributed by atoms with E-state index in [9.17, 15) is 5.11 Å². The Hall–Kier alpha value is -4.24. The lowest BCUT2D eigenvalue weighted by Gasteiger charge is -2.37. The molecule has 1 aliphatic heterocycles. The number of phenols is 1. The topological polar surface area (TPSA) is 102 Å². The van der Waals surface area contributed by atoms with Crippen LogP contribution in [0.5, 0.6) is 11.5 Å². The fraction of sp³-hybridized carbons (Fsp3) is 0.259. The lowest BCUT2D eigenvalue weighted by Crippen LogP contribution is -2.44. The smallest absolute Gasteiger partial charge is 0.191 e. The van der Waals surface area contributed by atoms with E-state index in [1.807, 2.05) is 56.6 Å². The zero-order chi connectivity index (χ0) is 24.8. The molecule has 0 unspecified atom stereocenters. The SMILES string of the molecule is COc1cc(-c2ccc(-c3ccc(C4CN(Cc5cnc(C)o5)C4)nn3)c(O)c2)cc2cn(C)nc12. The van der Waals surface area contributed by atoms with Gasteiger partial charge in [-0.1, -0.05) is 6.07 Å². The molecular formula is C27H26N6O3. The Kier molecular flexibility index (Phi) is 5.41. The predicted molar refractivity (Wildman–Crippen MR) is 135 cm³/mol. The van der Waals surface area contributed by atoms with Crippen LogP contribution >= 0.6 is 0 Å². The first kappa shape index (κ1) is 22.2. The van der Waals surface area contributed by atoms with Crippen LogP contribution in [0.4, 0.5) is 0 Å². The highest BCUT2D eigenvalue weighted by atomic mass is 16.5. The number of aryl methyl sites for hydroxylation is 2. The van der Waals surface area contributed by atoms with Gasteiger partial charge in [-0.2, -0.15) is 15.3 Å². The number of oxazole rings is 1. The molecule has 0 radical (unpaired) electrons. The molecule has 36 heavy (non-hydrogen) atoms. The highest BCUT2D eigenvalue weighted by molar-refractivity contribution is 5.90. The Morgan fingerprint density at radius 1 is 1.08 bits per heavy atom. The van der Waals surface area contributed by atoms with Gasteiger partial charge in [0, 0.05) is 50.1 Å². The van der Waals surface area contributed by atoms with Gasteiger partial charge in [0.1, 0.15) is 22.8 Å². The number of ether oxygens (including phenoxy) is 1. The maximum absolute atomic E-state index is 10.8. The molecule has 0 saturated carbocycles. The second-order valence-electron chi connectivity index (χ2n) is 9.23. The van der Waals surface area contributed by atoms with Crippen molar-refractivity contribution in [1.82, 2.24) is 29.9 Å². The van der Waals surface area contributed by atoms with Crippen molar-refractivity contribution >= 4 is 10.9 Å². The molecule has 0 spiro atoms. The van der Waals surface area contributed by atoms with Crippen molar-refractivity contribution in [1.29, 1.82) is 0 Å². The van der Waals surface area contributed by atoms with Gasteiger partial charge in [-0.15, -0.1) is 0 Å². The average molecular weight is 483 g/mol. The molecular weight excluding hydrogens is 456 g/mol. The second kappa shape index (κ2) is 8.76. The first-order valence-electron chi connectivity index (χ1n) is 11.8. The number of rotatable bonds is 6. The van der Waals surface area contributed by atoms with Crippen LogP contribution in [0.15, 0.2) is 59.3 Å². The molecule has 0 atom stereocenters. The molecule has 0 bridgehead atoms. The fourth-order valence-electron chi connectivity index (χ4n) is 4.76. The Balaban J connectivity index is 1.18. The van der Waals surface area contributed by atoms with Crippen LogP contribution in [0.3, 0.4) is 0 Å². The van der Waals surface area contributed by atoms with Crippen molar-refractivity contribution in [2.75, 3.05) is 20.2 Å². The van der Waals surface area contributed by atoms with Gasteiger partial charge in [-0.3, -0.25) is 9.58 Å². The minimum atomic E-state index is 0.150. The number of fused-ring (bicyclic) bond motifs is 1. The molecule has 1 saturated heterocycles. The molecule has 0 amide bonds. The quantitative estimate of drug-likeness (QED) is 0.382. The number of likely N-dealkylation sites (tertiary alicyclic amines) is 1. The molecule has 1 N–H and O–H groups in total. The highest BCUT2D eigenvalue weighted by Crippen LogP contribution is 2.36. The van der Waals surface area contributed by atoms with E-state index < -0.39 is 0 Å². The molecule has 9 nitrogen and oxygen atoms in total. The van der Waals surface area contributed by atoms with Gasteiger partial charge in [0.25, 0.3) is 0 Å². The maximum Gasteiger partial charge on any atom is 0.191 e. The number of nitrogens with zero attached hydrogens (tertiary/aromatic N) is 6. The normalized spacial score (nSPS) is 14.3. The minimum Gasteiger partial charge on any atom is -0.507 e. The van der Waals surface area contributed by atoms with Crippen molar-refractivity contribution in [3.8, 4) is 33.9 Å². The van der Waals surface area contributed by atoms with Gasteiger partial charge < -0.3 is 14.3 Å². The Morgan fingerprint density at radius 2 is 1.94 bits per heavy atom. The standard InChI is InChI=1S/C27H26N6O3/c1-16-28-11-21(36-16)15-33-13-20(14-33)23-6-7-24(30-29-23)22-5-4-17(9-25(22)34)18-8-19-12-32(2)31-27(19)26(10-18)35-3/h4-12,20,34H,13-15H2,1-3H3. The fourth-order valence-corrected chi connectivity index (χ4v) is 4.76. The predicted octanol–water partition coefficient (Wildman–Crippen LogP) is 4.31. The number of aromatic hydroxyl groups is 1. The van der Waals surface area contributed by atoms with Gasteiger partial charge >= 0.3 is 0 Å². The molecule has 182 valence electrons. The summed E-state index contributed by atoms with van der Waals surface area (Å²) in [7, 11) is 3.52. The lowest BCUT2D eigenvalue weighted by molar-refractivity contribution is 0.126. The Bertz CT molecular complexity index is 1550. The number of methoxy groups -OCH3 is 1. The third-order valence-electron chi connectivity index (χ3n) is 6.62. The number of hydrogen-bond donors (Lipinski definition) is 1. The third kappa shape index (κ3) is 4.07. The number of phenolic OH excluding ortho intramolecular Hbond substituents is 1. The van der Waals surface area contributed by atoms with Crippen LogP contribution in [-0.2, 0) is 13.6 Å². The molecule has 9 heteroatoms. The van der Waals surface area contributed by atoms with Gasteiger partial charge in [-0.25, -0.2) is 4.98 Å². The van der Waals surface area contributed by atoms with Crippen molar-refractivity contribution in [2.24, 2.45) is 7.05 Å². The Labute approximate surface area is 208 Å². The monoisotopic (exact) mass is 482 g/mol. The van der Waals surface area contributed by atoms with Crippen LogP contribution in [0.2, 0.25) is 0 Å². The summed E-state index contributed by atoms with van der Waals surface area (Å²) in [6, 6.07) is 13.5. The Morgan fingerprint density at radius 3 is 2.64 bits per heavy atom. The summed E-state index contributed by atoms with van der Waals surface area (Å²) in [5.74, 6) is 2.75. The van der Waals surface area contributed by atoms with Gasteiger partial charge in [0.05, 0.1) is 31.2 Å². The van der Waals surface area contributed by atoms with E-state index in [1.54, 1.807) is 24.1 Å². The number of hydrogen-bond acceptors (Lipinski definition) is 8. The zero-order valence-corrected chi connectivity index (χ0v) is 20.3. The third-order valence-corrected chi connectivity index (χ3v) is 6.62. The molecule has 4 heterocycles. The van der Waals surface area contributed by atoms with E-state index in [-0.39, 0.29) is 5.75 Å². The van der Waals surface area contributed by atoms with Crippen LogP contribution < -0.4 is 4.74 Å². The van der Waals surface area contributed by atoms with Gasteiger partial charge in [0.15, 0.2) is 5.89 Å². The van der Waals surface area contributed by atoms with Crippen LogP contribution in [0.25, 0.3) is 33.3 Å². The lowest BCUT2D eigenvalue weighted by atomic mass is 9.95. The average Bonchev–Trinajstić information content (AvgIpc) is 3.44. The summed E-state index contributed by atoms with van der Waals surface area (Å²) in [6.07, 6.45) is 3.73. The van der Waals surface area contributed by atoms with Crippen molar-refractivity contribution in [3.05, 3.63) is 72.2 Å². The largest absolute Gasteiger partial charge is 0.507 e. The minimum absolute atomic E-state index is 0.150. The molecule has 2 aromatic carbocycles. The number of aromatic nitrogens is 5. The van der Waals surface area contributed by atoms with Gasteiger partial charge in [0.2, 0.25) is 0 Å². The summed E-state index contributed by atoms with van der Waals surface area (Å²) in [6.45, 7) is 4.41. The van der Waals surface area contributed by atoms with E-state index in [0.29, 0.717) is 28.8 Å². The molecule has 3 aromatic heterocycles. The van der Waals surface area contributed by atoms with Crippen molar-refractivity contribution in [3.63, 3.8) is 0 Å². The van der Waals surface area contributed by atoms with Crippen LogP contribution in [0.1, 0.15) is 23.3 Å². The summed E-state index contributed by atoms with van der Waals surface area (Å²) in [5.41, 5.74) is 4.85. The summed E-state index contributed by atoms with van der Waals surface area (Å²) in [4.78, 5) is 6.44. The molecule has 6 rings (SSSR count). The van der Waals surface area contributed by atoms with E-state index in [0.717, 1.165) is 53.1 Å². The van der Waals surface area contributed by atoms with E-state index in [4.69, 9.17) is 9.15 Å². The summed E-state index contributed by atoms with van der Waals surface area (Å²) in [5, 5.41) is 25.1. The molecule has 1 aliphatic rings. The van der Waals surface area contributed by atoms with E-state index >= 15 is 0 Å². The van der Waals surface area contributed by atoms with Crippen molar-refractivity contribution < 1.29 is 14.3 Å². The number of benzene rings is 2. The molecule has 1 fully saturated rings. The molecule has 5 aromatic rings. The maximum atomic E-state index is 10.8. The zero-order valence-electron chi connectivity index (χ0n) is 20.3. The summed E-state index contributed by atoms with van der Waals surface area (Å²) >= 11 is 0. The second-order valence-corrected chi connectivity index (χ2v) is 9.23. The first-order valence-corrected chi connectivity index (χ1v) is 11.8. The van der Waals surface area contributed by atoms with E-state index in [1.165, 1.54) is 0 Å².